The second kappa shape index (κ2) is 8.92. The first-order chi connectivity index (χ1) is 6.72. The number of thioether (sulfide) groups is 1. The molecule has 1 atom stereocenters. The highest BCUT2D eigenvalue weighted by Crippen LogP contribution is 2.04. The Hall–Kier alpha value is -0.660. The monoisotopic (exact) mass is 215 g/mol. The minimum absolute atomic E-state index is 0.318. The molecular weight excluding hydrogens is 198 g/mol. The van der Waals surface area contributed by atoms with Crippen molar-refractivity contribution in [3.05, 3.63) is 0 Å². The molecule has 0 aliphatic carbocycles. The number of carbonyl (C=O) groups is 1. The molecule has 2 N–H and O–H groups in total. The summed E-state index contributed by atoms with van der Waals surface area (Å²) in [5.41, 5.74) is 5.59. The van der Waals surface area contributed by atoms with Crippen LogP contribution in [-0.4, -0.2) is 30.1 Å². The van der Waals surface area contributed by atoms with Crippen LogP contribution in [0.25, 0.3) is 0 Å². The molecule has 0 spiro atoms. The third-order valence-electron chi connectivity index (χ3n) is 1.43. The van der Waals surface area contributed by atoms with E-state index in [1.54, 1.807) is 18.7 Å². The molecule has 1 unspecified atom stereocenters. The number of carbonyl (C=O) groups excluding carboxylic acids is 1. The molecule has 0 heterocycles. The van der Waals surface area contributed by atoms with Crippen LogP contribution in [0.5, 0.6) is 0 Å². The van der Waals surface area contributed by atoms with Gasteiger partial charge in [-0.1, -0.05) is 0 Å². The first-order valence-electron chi connectivity index (χ1n) is 4.62. The summed E-state index contributed by atoms with van der Waals surface area (Å²) in [5.74, 6) is 6.96. The number of hydrogen-bond donors (Lipinski definition) is 1. The molecule has 0 saturated carbocycles. The summed E-state index contributed by atoms with van der Waals surface area (Å²) in [7, 11) is 0. The fourth-order valence-corrected chi connectivity index (χ4v) is 1.58. The Morgan fingerprint density at radius 2 is 2.36 bits per heavy atom. The first-order valence-corrected chi connectivity index (χ1v) is 5.77. The lowest BCUT2D eigenvalue weighted by Gasteiger charge is -2.08. The lowest BCUT2D eigenvalue weighted by Crippen LogP contribution is -2.34. The molecule has 14 heavy (non-hydrogen) atoms. The molecule has 0 aromatic rings. The van der Waals surface area contributed by atoms with Crippen LogP contribution in [0.15, 0.2) is 0 Å². The van der Waals surface area contributed by atoms with E-state index < -0.39 is 6.04 Å². The normalized spacial score (nSPS) is 11.4. The van der Waals surface area contributed by atoms with Crippen molar-refractivity contribution in [1.29, 1.82) is 0 Å². The Labute approximate surface area is 89.8 Å². The maximum absolute atomic E-state index is 11.1. The summed E-state index contributed by atoms with van der Waals surface area (Å²) < 4.78 is 4.78. The first kappa shape index (κ1) is 13.3. The fourth-order valence-electron chi connectivity index (χ4n) is 0.776. The number of ether oxygens (including phenoxy) is 1. The van der Waals surface area contributed by atoms with Crippen molar-refractivity contribution >= 4 is 17.7 Å². The number of hydrogen-bond acceptors (Lipinski definition) is 4. The van der Waals surface area contributed by atoms with Crippen molar-refractivity contribution in [3.8, 4) is 11.8 Å². The molecule has 4 heteroatoms. The van der Waals surface area contributed by atoms with Gasteiger partial charge in [-0.2, -0.15) is 11.8 Å². The van der Waals surface area contributed by atoms with Crippen LogP contribution in [0.3, 0.4) is 0 Å². The summed E-state index contributed by atoms with van der Waals surface area (Å²) in [6.45, 7) is 3.97. The molecule has 0 bridgehead atoms. The second-order valence-corrected chi connectivity index (χ2v) is 3.76. The Morgan fingerprint density at radius 3 is 2.93 bits per heavy atom. The van der Waals surface area contributed by atoms with Gasteiger partial charge in [-0.25, -0.2) is 0 Å². The maximum Gasteiger partial charge on any atom is 0.323 e. The van der Waals surface area contributed by atoms with Crippen molar-refractivity contribution in [2.24, 2.45) is 5.73 Å². The summed E-state index contributed by atoms with van der Waals surface area (Å²) in [6, 6.07) is -0.505. The van der Waals surface area contributed by atoms with Crippen LogP contribution >= 0.6 is 11.8 Å². The molecule has 0 aliphatic heterocycles. The van der Waals surface area contributed by atoms with E-state index in [1.807, 2.05) is 6.92 Å². The second-order valence-electron chi connectivity index (χ2n) is 2.61. The highest BCUT2D eigenvalue weighted by Gasteiger charge is 2.13. The van der Waals surface area contributed by atoms with Crippen LogP contribution < -0.4 is 5.73 Å². The van der Waals surface area contributed by atoms with Gasteiger partial charge in [0.15, 0.2) is 0 Å². The summed E-state index contributed by atoms with van der Waals surface area (Å²) in [6.07, 6.45) is 0.844. The number of rotatable bonds is 6. The minimum atomic E-state index is -0.505. The molecule has 0 rings (SSSR count). The maximum atomic E-state index is 11.1. The molecule has 0 radical (unpaired) electrons. The number of nitrogens with two attached hydrogens (primary N) is 1. The Bertz CT molecular complexity index is 220. The van der Waals surface area contributed by atoms with Gasteiger partial charge in [0.05, 0.1) is 6.61 Å². The van der Waals surface area contributed by atoms with Crippen molar-refractivity contribution in [2.75, 3.05) is 18.1 Å². The third kappa shape index (κ3) is 6.81. The summed E-state index contributed by atoms with van der Waals surface area (Å²) in [5, 5.41) is 0. The van der Waals surface area contributed by atoms with Gasteiger partial charge in [0.25, 0.3) is 0 Å². The molecule has 0 saturated heterocycles. The van der Waals surface area contributed by atoms with Crippen LogP contribution in [-0.2, 0) is 9.53 Å². The zero-order chi connectivity index (χ0) is 10.8. The molecule has 0 aliphatic rings. The summed E-state index contributed by atoms with van der Waals surface area (Å²) in [4.78, 5) is 11.1. The zero-order valence-corrected chi connectivity index (χ0v) is 9.52. The predicted molar refractivity (Wildman–Crippen MR) is 60.0 cm³/mol. The van der Waals surface area contributed by atoms with Gasteiger partial charge in [-0.05, 0) is 13.8 Å². The van der Waals surface area contributed by atoms with E-state index >= 15 is 0 Å². The van der Waals surface area contributed by atoms with Crippen molar-refractivity contribution < 1.29 is 9.53 Å². The van der Waals surface area contributed by atoms with E-state index in [0.717, 1.165) is 12.2 Å². The van der Waals surface area contributed by atoms with Gasteiger partial charge >= 0.3 is 5.97 Å². The van der Waals surface area contributed by atoms with Gasteiger partial charge in [0, 0.05) is 17.9 Å². The molecule has 80 valence electrons. The van der Waals surface area contributed by atoms with Gasteiger partial charge < -0.3 is 10.5 Å². The van der Waals surface area contributed by atoms with Crippen LogP contribution in [0.2, 0.25) is 0 Å². The standard InChI is InChI=1S/C10H17NO2S/c1-3-5-6-7-14-8-9(11)10(12)13-4-2/h9H,4,6-8,11H2,1-2H3. The van der Waals surface area contributed by atoms with E-state index in [4.69, 9.17) is 10.5 Å². The molecule has 3 nitrogen and oxygen atoms in total. The molecule has 0 amide bonds. The van der Waals surface area contributed by atoms with E-state index in [1.165, 1.54) is 0 Å². The fraction of sp³-hybridized carbons (Fsp3) is 0.700. The van der Waals surface area contributed by atoms with Crippen molar-refractivity contribution in [3.63, 3.8) is 0 Å². The highest BCUT2D eigenvalue weighted by atomic mass is 32.2. The average Bonchev–Trinajstić information content (AvgIpc) is 2.17. The average molecular weight is 215 g/mol. The summed E-state index contributed by atoms with van der Waals surface area (Å²) >= 11 is 1.63. The lowest BCUT2D eigenvalue weighted by molar-refractivity contribution is -0.144. The van der Waals surface area contributed by atoms with Gasteiger partial charge in [0.1, 0.15) is 6.04 Å². The van der Waals surface area contributed by atoms with Gasteiger partial charge in [-0.3, -0.25) is 4.79 Å². The zero-order valence-electron chi connectivity index (χ0n) is 8.71. The minimum Gasteiger partial charge on any atom is -0.465 e. The van der Waals surface area contributed by atoms with E-state index in [9.17, 15) is 4.79 Å². The largest absolute Gasteiger partial charge is 0.465 e. The van der Waals surface area contributed by atoms with E-state index in [-0.39, 0.29) is 5.97 Å². The lowest BCUT2D eigenvalue weighted by atomic mass is 10.4. The van der Waals surface area contributed by atoms with E-state index in [0.29, 0.717) is 12.4 Å². The van der Waals surface area contributed by atoms with Crippen molar-refractivity contribution in [1.82, 2.24) is 0 Å². The smallest absolute Gasteiger partial charge is 0.323 e. The third-order valence-corrected chi connectivity index (χ3v) is 2.52. The molecule has 0 aromatic carbocycles. The van der Waals surface area contributed by atoms with Crippen molar-refractivity contribution in [2.45, 2.75) is 26.3 Å². The molecule has 0 fully saturated rings. The number of esters is 1. The Balaban J connectivity index is 3.46. The Kier molecular flexibility index (Phi) is 8.50. The van der Waals surface area contributed by atoms with Gasteiger partial charge in [0.2, 0.25) is 0 Å². The predicted octanol–water partition coefficient (Wildman–Crippen LogP) is 1.02. The highest BCUT2D eigenvalue weighted by molar-refractivity contribution is 7.99. The quantitative estimate of drug-likeness (QED) is 0.408. The topological polar surface area (TPSA) is 52.3 Å². The van der Waals surface area contributed by atoms with Crippen LogP contribution in [0.4, 0.5) is 0 Å². The van der Waals surface area contributed by atoms with Crippen LogP contribution in [0.1, 0.15) is 20.3 Å². The molecular formula is C10H17NO2S. The van der Waals surface area contributed by atoms with E-state index in [2.05, 4.69) is 11.8 Å². The molecule has 0 aromatic heterocycles. The Morgan fingerprint density at radius 1 is 1.64 bits per heavy atom. The van der Waals surface area contributed by atoms with Gasteiger partial charge in [-0.15, -0.1) is 11.8 Å². The SMILES string of the molecule is CC#CCCSCC(N)C(=O)OCC. The van der Waals surface area contributed by atoms with Crippen LogP contribution in [0, 0.1) is 11.8 Å².